The number of hydrogen-bond donors (Lipinski definition) is 2. The highest BCUT2D eigenvalue weighted by molar-refractivity contribution is 7.92. The predicted molar refractivity (Wildman–Crippen MR) is 126 cm³/mol. The zero-order valence-corrected chi connectivity index (χ0v) is 19.0. The first-order valence-corrected chi connectivity index (χ1v) is 12.1. The molecule has 1 saturated carbocycles. The van der Waals surface area contributed by atoms with Gasteiger partial charge in [-0.25, -0.2) is 8.42 Å². The lowest BCUT2D eigenvalue weighted by Gasteiger charge is -2.12. The number of carbonyl (C=O) groups is 1. The molecule has 34 heavy (non-hydrogen) atoms. The molecule has 2 aromatic heterocycles. The van der Waals surface area contributed by atoms with Crippen molar-refractivity contribution < 1.29 is 17.7 Å². The van der Waals surface area contributed by atoms with E-state index in [4.69, 9.17) is 4.52 Å². The van der Waals surface area contributed by atoms with Crippen molar-refractivity contribution in [2.45, 2.75) is 24.7 Å². The Kier molecular flexibility index (Phi) is 5.37. The molecule has 1 aliphatic carbocycles. The first kappa shape index (κ1) is 21.8. The van der Waals surface area contributed by atoms with Gasteiger partial charge in [0.15, 0.2) is 0 Å². The number of benzene rings is 2. The van der Waals surface area contributed by atoms with Gasteiger partial charge >= 0.3 is 0 Å². The maximum atomic E-state index is 12.9. The van der Waals surface area contributed by atoms with E-state index >= 15 is 0 Å². The van der Waals surface area contributed by atoms with Crippen LogP contribution in [0.1, 0.15) is 19.8 Å². The van der Waals surface area contributed by atoms with E-state index in [2.05, 4.69) is 25.2 Å². The van der Waals surface area contributed by atoms with Crippen molar-refractivity contribution in [1.29, 1.82) is 0 Å². The van der Waals surface area contributed by atoms with Crippen molar-refractivity contribution in [2.24, 2.45) is 5.41 Å². The third kappa shape index (κ3) is 4.53. The molecule has 5 rings (SSSR count). The van der Waals surface area contributed by atoms with Gasteiger partial charge in [0.05, 0.1) is 10.6 Å². The van der Waals surface area contributed by atoms with E-state index in [0.717, 1.165) is 12.8 Å². The molecule has 9 nitrogen and oxygen atoms in total. The molecule has 1 amide bonds. The molecule has 172 valence electrons. The van der Waals surface area contributed by atoms with E-state index in [0.29, 0.717) is 28.5 Å². The fraction of sp³-hybridized carbons (Fsp3) is 0.167. The van der Waals surface area contributed by atoms with Crippen molar-refractivity contribution in [3.63, 3.8) is 0 Å². The third-order valence-corrected chi connectivity index (χ3v) is 7.05. The van der Waals surface area contributed by atoms with Crippen molar-refractivity contribution in [1.82, 2.24) is 15.1 Å². The van der Waals surface area contributed by atoms with Crippen LogP contribution in [-0.4, -0.2) is 29.4 Å². The summed E-state index contributed by atoms with van der Waals surface area (Å²) in [4.78, 5) is 20.8. The minimum atomic E-state index is -3.85. The summed E-state index contributed by atoms with van der Waals surface area (Å²) in [5.41, 5.74) is 1.71. The maximum absolute atomic E-state index is 12.9. The molecule has 2 aromatic carbocycles. The summed E-state index contributed by atoms with van der Waals surface area (Å²) in [5.74, 6) is 0.540. The van der Waals surface area contributed by atoms with Crippen LogP contribution in [0.4, 0.5) is 11.4 Å². The largest absolute Gasteiger partial charge is 0.332 e. The number of aromatic nitrogens is 3. The average molecular weight is 476 g/mol. The van der Waals surface area contributed by atoms with Gasteiger partial charge < -0.3 is 9.84 Å². The molecule has 1 fully saturated rings. The number of nitrogens with one attached hydrogen (secondary N) is 2. The summed E-state index contributed by atoms with van der Waals surface area (Å²) < 4.78 is 33.6. The lowest BCUT2D eigenvalue weighted by Crippen LogP contribution is -2.21. The van der Waals surface area contributed by atoms with Gasteiger partial charge in [-0.1, -0.05) is 24.2 Å². The second-order valence-electron chi connectivity index (χ2n) is 8.36. The van der Waals surface area contributed by atoms with Gasteiger partial charge in [0.1, 0.15) is 5.69 Å². The Bertz CT molecular complexity index is 1450. The van der Waals surface area contributed by atoms with Crippen LogP contribution in [-0.2, 0) is 14.8 Å². The first-order chi connectivity index (χ1) is 16.3. The summed E-state index contributed by atoms with van der Waals surface area (Å²) in [7, 11) is -3.85. The Hall–Kier alpha value is -4.05. The number of nitrogens with zero attached hydrogens (tertiary/aromatic N) is 3. The van der Waals surface area contributed by atoms with Crippen molar-refractivity contribution in [3.05, 3.63) is 72.9 Å². The Labute approximate surface area is 196 Å². The second kappa shape index (κ2) is 8.38. The number of pyridine rings is 1. The van der Waals surface area contributed by atoms with Crippen LogP contribution in [0.15, 0.2) is 82.3 Å². The lowest BCUT2D eigenvalue weighted by atomic mass is 10.1. The maximum Gasteiger partial charge on any atom is 0.276 e. The molecular formula is C24H21N5O4S. The number of carbonyl (C=O) groups excluding carboxylic acids is 1. The van der Waals surface area contributed by atoms with Gasteiger partial charge in [-0.05, 0) is 67.4 Å². The molecule has 2 N–H and O–H groups in total. The molecule has 1 aliphatic rings. The molecule has 0 spiro atoms. The molecule has 0 atom stereocenters. The van der Waals surface area contributed by atoms with Crippen molar-refractivity contribution in [2.75, 3.05) is 10.0 Å². The summed E-state index contributed by atoms with van der Waals surface area (Å²) >= 11 is 0. The SMILES string of the molecule is CC1(C(=O)Nc2cccc(NS(=O)(=O)c3ccc(-c4noc(-c5ccccn5)n4)cc3)c2)CC1. The molecule has 0 aliphatic heterocycles. The smallest absolute Gasteiger partial charge is 0.276 e. The van der Waals surface area contributed by atoms with Gasteiger partial charge in [-0.15, -0.1) is 0 Å². The highest BCUT2D eigenvalue weighted by Crippen LogP contribution is 2.45. The van der Waals surface area contributed by atoms with Crippen molar-refractivity contribution >= 4 is 27.3 Å². The topological polar surface area (TPSA) is 127 Å². The molecule has 4 aromatic rings. The summed E-state index contributed by atoms with van der Waals surface area (Å²) in [6.07, 6.45) is 3.34. The molecular weight excluding hydrogens is 454 g/mol. The number of sulfonamides is 1. The minimum absolute atomic E-state index is 0.0595. The Morgan fingerprint density at radius 3 is 2.47 bits per heavy atom. The van der Waals surface area contributed by atoms with Crippen LogP contribution < -0.4 is 10.0 Å². The number of hydrogen-bond acceptors (Lipinski definition) is 7. The van der Waals surface area contributed by atoms with Crippen LogP contribution in [0.5, 0.6) is 0 Å². The fourth-order valence-corrected chi connectivity index (χ4v) is 4.34. The van der Waals surface area contributed by atoms with E-state index < -0.39 is 10.0 Å². The number of anilines is 2. The molecule has 0 saturated heterocycles. The number of amides is 1. The predicted octanol–water partition coefficient (Wildman–Crippen LogP) is 4.34. The zero-order valence-electron chi connectivity index (χ0n) is 18.2. The average Bonchev–Trinajstić information content (AvgIpc) is 3.40. The summed E-state index contributed by atoms with van der Waals surface area (Å²) in [5, 5.41) is 6.80. The normalized spacial score (nSPS) is 14.4. The Balaban J connectivity index is 1.30. The molecule has 0 radical (unpaired) electrons. The van der Waals surface area contributed by atoms with Crippen LogP contribution in [0.2, 0.25) is 0 Å². The highest BCUT2D eigenvalue weighted by atomic mass is 32.2. The lowest BCUT2D eigenvalue weighted by molar-refractivity contribution is -0.120. The second-order valence-corrected chi connectivity index (χ2v) is 10.0. The van der Waals surface area contributed by atoms with Gasteiger partial charge in [-0.3, -0.25) is 14.5 Å². The zero-order chi connectivity index (χ0) is 23.8. The molecule has 2 heterocycles. The van der Waals surface area contributed by atoms with E-state index in [1.165, 1.54) is 12.1 Å². The Morgan fingerprint density at radius 2 is 1.76 bits per heavy atom. The molecule has 10 heteroatoms. The van der Waals surface area contributed by atoms with Gasteiger partial charge in [0.2, 0.25) is 11.7 Å². The van der Waals surface area contributed by atoms with E-state index in [1.807, 2.05) is 13.0 Å². The van der Waals surface area contributed by atoms with Crippen LogP contribution >= 0.6 is 0 Å². The minimum Gasteiger partial charge on any atom is -0.332 e. The third-order valence-electron chi connectivity index (χ3n) is 5.65. The van der Waals surface area contributed by atoms with Crippen LogP contribution in [0.25, 0.3) is 23.0 Å². The summed E-state index contributed by atoms with van der Waals surface area (Å²) in [6, 6.07) is 18.1. The van der Waals surface area contributed by atoms with Crippen molar-refractivity contribution in [3.8, 4) is 23.0 Å². The molecule has 0 bridgehead atoms. The monoisotopic (exact) mass is 475 g/mol. The standard InChI is InChI=1S/C24H21N5O4S/c1-24(12-13-24)23(30)26-17-5-4-6-18(15-17)29-34(31,32)19-10-8-16(9-11-19)21-27-22(33-28-21)20-7-2-3-14-25-20/h2-11,14-15,29H,12-13H2,1H3,(H,26,30). The fourth-order valence-electron chi connectivity index (χ4n) is 3.29. The highest BCUT2D eigenvalue weighted by Gasteiger charge is 2.44. The van der Waals surface area contributed by atoms with Gasteiger partial charge in [0, 0.05) is 22.9 Å². The van der Waals surface area contributed by atoms with E-state index in [1.54, 1.807) is 54.7 Å². The first-order valence-electron chi connectivity index (χ1n) is 10.6. The van der Waals surface area contributed by atoms with E-state index in [-0.39, 0.29) is 22.1 Å². The van der Waals surface area contributed by atoms with Gasteiger partial charge in [0.25, 0.3) is 15.9 Å². The number of rotatable bonds is 7. The molecule has 0 unspecified atom stereocenters. The van der Waals surface area contributed by atoms with Crippen LogP contribution in [0, 0.1) is 5.41 Å². The summed E-state index contributed by atoms with van der Waals surface area (Å²) in [6.45, 7) is 1.91. The van der Waals surface area contributed by atoms with Crippen LogP contribution in [0.3, 0.4) is 0 Å². The Morgan fingerprint density at radius 1 is 1.00 bits per heavy atom. The van der Waals surface area contributed by atoms with Gasteiger partial charge in [-0.2, -0.15) is 4.98 Å². The van der Waals surface area contributed by atoms with E-state index in [9.17, 15) is 13.2 Å². The quantitative estimate of drug-likeness (QED) is 0.407.